The predicted molar refractivity (Wildman–Crippen MR) is 158 cm³/mol. The summed E-state index contributed by atoms with van der Waals surface area (Å²) in [5.74, 6) is 0.479. The van der Waals surface area contributed by atoms with Crippen LogP contribution >= 0.6 is 0 Å². The van der Waals surface area contributed by atoms with Crippen molar-refractivity contribution in [2.45, 2.75) is 85.6 Å². The van der Waals surface area contributed by atoms with E-state index in [2.05, 4.69) is 18.0 Å². The van der Waals surface area contributed by atoms with Crippen molar-refractivity contribution in [1.29, 1.82) is 0 Å². The molecule has 0 aliphatic heterocycles. The highest BCUT2D eigenvalue weighted by Gasteiger charge is 2.39. The third kappa shape index (κ3) is 8.73. The first-order chi connectivity index (χ1) is 19.0. The molecule has 0 aliphatic rings. The molecule has 0 spiro atoms. The first-order valence-corrected chi connectivity index (χ1v) is 16.5. The van der Waals surface area contributed by atoms with Gasteiger partial charge in [0.1, 0.15) is 5.58 Å². The number of pyridine rings is 1. The zero-order chi connectivity index (χ0) is 28.1. The standard InChI is InChI=1S/C31H45NO6Si/c1-6-25-18-16-17-24(5)30(25)27-21-26-23-32-29(22-28(26)38-31(27)33)34-19-14-12-10-11-13-15-20-39(35-7-2,36-8-3)37-9-4/h16-18,21-23H,6-15,19-20H2,1-5H3. The van der Waals surface area contributed by atoms with Crippen molar-refractivity contribution < 1.29 is 22.4 Å². The van der Waals surface area contributed by atoms with Gasteiger partial charge in [0.15, 0.2) is 0 Å². The molecule has 0 saturated carbocycles. The molecule has 0 radical (unpaired) electrons. The van der Waals surface area contributed by atoms with Crippen LogP contribution in [0.5, 0.6) is 5.88 Å². The average molecular weight is 556 g/mol. The number of aromatic nitrogens is 1. The van der Waals surface area contributed by atoms with Crippen LogP contribution < -0.4 is 10.4 Å². The summed E-state index contributed by atoms with van der Waals surface area (Å²) in [6, 6.07) is 10.6. The zero-order valence-electron chi connectivity index (χ0n) is 24.3. The van der Waals surface area contributed by atoms with Crippen molar-refractivity contribution >= 4 is 19.8 Å². The van der Waals surface area contributed by atoms with Crippen LogP contribution in [0.2, 0.25) is 6.04 Å². The quantitative estimate of drug-likeness (QED) is 0.119. The largest absolute Gasteiger partial charge is 0.500 e. The molecule has 0 atom stereocenters. The second-order valence-corrected chi connectivity index (χ2v) is 12.4. The van der Waals surface area contributed by atoms with Gasteiger partial charge in [0, 0.05) is 43.5 Å². The minimum absolute atomic E-state index is 0.340. The smallest absolute Gasteiger partial charge is 0.478 e. The number of ether oxygens (including phenoxy) is 1. The third-order valence-electron chi connectivity index (χ3n) is 6.82. The molecule has 2 aromatic heterocycles. The molecular formula is C31H45NO6Si. The molecule has 0 bridgehead atoms. The van der Waals surface area contributed by atoms with E-state index >= 15 is 0 Å². The molecule has 0 saturated heterocycles. The SMILES string of the molecule is CCO[Si](CCCCCCCCOc1cc2oc(=O)c(-c3c(C)cccc3CC)cc2cn1)(OCC)OCC. The van der Waals surface area contributed by atoms with Crippen LogP contribution in [0, 0.1) is 6.92 Å². The van der Waals surface area contributed by atoms with Crippen molar-refractivity contribution in [3.63, 3.8) is 0 Å². The maximum Gasteiger partial charge on any atom is 0.500 e. The molecule has 0 N–H and O–H groups in total. The molecule has 3 rings (SSSR count). The van der Waals surface area contributed by atoms with Crippen molar-refractivity contribution in [1.82, 2.24) is 4.98 Å². The lowest BCUT2D eigenvalue weighted by Gasteiger charge is -2.28. The maximum absolute atomic E-state index is 12.9. The fourth-order valence-corrected chi connectivity index (χ4v) is 7.67. The first kappa shape index (κ1) is 31.0. The lowest BCUT2D eigenvalue weighted by atomic mass is 9.94. The van der Waals surface area contributed by atoms with E-state index in [1.54, 1.807) is 12.3 Å². The Morgan fingerprint density at radius 1 is 0.872 bits per heavy atom. The number of unbranched alkanes of at least 4 members (excludes halogenated alkanes) is 5. The van der Waals surface area contributed by atoms with E-state index in [-0.39, 0.29) is 5.63 Å². The van der Waals surface area contributed by atoms with Crippen LogP contribution in [0.15, 0.2) is 45.7 Å². The Kier molecular flexibility index (Phi) is 12.7. The summed E-state index contributed by atoms with van der Waals surface area (Å²) in [6.07, 6.45) is 9.11. The topological polar surface area (TPSA) is 80.0 Å². The average Bonchev–Trinajstić information content (AvgIpc) is 2.92. The lowest BCUT2D eigenvalue weighted by Crippen LogP contribution is -2.45. The Bertz CT molecular complexity index is 1210. The van der Waals surface area contributed by atoms with Gasteiger partial charge < -0.3 is 22.4 Å². The van der Waals surface area contributed by atoms with Gasteiger partial charge in [-0.2, -0.15) is 0 Å². The maximum atomic E-state index is 12.9. The number of benzene rings is 1. The number of rotatable bonds is 18. The monoisotopic (exact) mass is 555 g/mol. The fourth-order valence-electron chi connectivity index (χ4n) is 4.99. The van der Waals surface area contributed by atoms with E-state index in [0.717, 1.165) is 73.1 Å². The molecule has 39 heavy (non-hydrogen) atoms. The highest BCUT2D eigenvalue weighted by molar-refractivity contribution is 6.60. The molecule has 3 aromatic rings. The second kappa shape index (κ2) is 15.9. The highest BCUT2D eigenvalue weighted by Crippen LogP contribution is 2.28. The summed E-state index contributed by atoms with van der Waals surface area (Å²) in [6.45, 7) is 12.6. The van der Waals surface area contributed by atoms with Gasteiger partial charge in [0.2, 0.25) is 5.88 Å². The number of nitrogens with zero attached hydrogens (tertiary/aromatic N) is 1. The van der Waals surface area contributed by atoms with Crippen LogP contribution in [0.25, 0.3) is 22.1 Å². The van der Waals surface area contributed by atoms with E-state index in [1.807, 2.05) is 45.9 Å². The normalized spacial score (nSPS) is 11.8. The Morgan fingerprint density at radius 2 is 1.54 bits per heavy atom. The Balaban J connectivity index is 1.45. The van der Waals surface area contributed by atoms with Gasteiger partial charge in [0.05, 0.1) is 12.2 Å². The molecule has 2 heterocycles. The van der Waals surface area contributed by atoms with Crippen LogP contribution in [-0.4, -0.2) is 40.2 Å². The summed E-state index contributed by atoms with van der Waals surface area (Å²) >= 11 is 0. The molecule has 0 fully saturated rings. The van der Waals surface area contributed by atoms with Crippen LogP contribution in [0.1, 0.15) is 77.3 Å². The number of aryl methyl sites for hydroxylation is 2. The Morgan fingerprint density at radius 3 is 2.21 bits per heavy atom. The van der Waals surface area contributed by atoms with Gasteiger partial charge in [-0.05, 0) is 69.7 Å². The van der Waals surface area contributed by atoms with Gasteiger partial charge in [-0.1, -0.05) is 50.8 Å². The number of hydrogen-bond donors (Lipinski definition) is 0. The Labute approximate surface area is 234 Å². The Hall–Kier alpha value is -2.52. The summed E-state index contributed by atoms with van der Waals surface area (Å²) < 4.78 is 29.4. The van der Waals surface area contributed by atoms with E-state index in [4.69, 9.17) is 22.4 Å². The van der Waals surface area contributed by atoms with E-state index in [9.17, 15) is 4.79 Å². The fraction of sp³-hybridized carbons (Fsp3) is 0.548. The summed E-state index contributed by atoms with van der Waals surface area (Å²) in [7, 11) is -2.52. The number of fused-ring (bicyclic) bond motifs is 1. The van der Waals surface area contributed by atoms with Gasteiger partial charge in [0.25, 0.3) is 0 Å². The second-order valence-electron chi connectivity index (χ2n) is 9.67. The third-order valence-corrected chi connectivity index (χ3v) is 9.97. The molecule has 8 heteroatoms. The minimum atomic E-state index is -2.52. The molecule has 0 unspecified atom stereocenters. The minimum Gasteiger partial charge on any atom is -0.478 e. The summed E-state index contributed by atoms with van der Waals surface area (Å²) in [5.41, 5.74) is 3.87. The van der Waals surface area contributed by atoms with Crippen LogP contribution in [0.3, 0.4) is 0 Å². The molecule has 7 nitrogen and oxygen atoms in total. The van der Waals surface area contributed by atoms with Crippen molar-refractivity contribution in [3.05, 3.63) is 58.1 Å². The first-order valence-electron chi connectivity index (χ1n) is 14.5. The summed E-state index contributed by atoms with van der Waals surface area (Å²) in [4.78, 5) is 17.3. The van der Waals surface area contributed by atoms with Crippen molar-refractivity contribution in [2.24, 2.45) is 0 Å². The predicted octanol–water partition coefficient (Wildman–Crippen LogP) is 7.49. The lowest BCUT2D eigenvalue weighted by molar-refractivity contribution is 0.0706. The van der Waals surface area contributed by atoms with Crippen molar-refractivity contribution in [2.75, 3.05) is 26.4 Å². The van der Waals surface area contributed by atoms with E-state index < -0.39 is 8.80 Å². The van der Waals surface area contributed by atoms with Gasteiger partial charge in [-0.15, -0.1) is 0 Å². The van der Waals surface area contributed by atoms with Crippen LogP contribution in [0.4, 0.5) is 0 Å². The molecule has 1 aromatic carbocycles. The molecule has 0 amide bonds. The summed E-state index contributed by atoms with van der Waals surface area (Å²) in [5, 5.41) is 0.785. The van der Waals surface area contributed by atoms with Gasteiger partial charge >= 0.3 is 14.4 Å². The van der Waals surface area contributed by atoms with E-state index in [0.29, 0.717) is 43.5 Å². The number of hydrogen-bond acceptors (Lipinski definition) is 7. The van der Waals surface area contributed by atoms with Gasteiger partial charge in [-0.3, -0.25) is 0 Å². The van der Waals surface area contributed by atoms with Crippen LogP contribution in [-0.2, 0) is 19.7 Å². The van der Waals surface area contributed by atoms with Crippen molar-refractivity contribution in [3.8, 4) is 17.0 Å². The highest BCUT2D eigenvalue weighted by atomic mass is 28.4. The molecular weight excluding hydrogens is 510 g/mol. The van der Waals surface area contributed by atoms with Gasteiger partial charge in [-0.25, -0.2) is 9.78 Å². The molecule has 214 valence electrons. The molecule has 0 aliphatic carbocycles. The zero-order valence-corrected chi connectivity index (χ0v) is 25.3. The van der Waals surface area contributed by atoms with E-state index in [1.165, 1.54) is 0 Å².